The largest absolute Gasteiger partial charge is 0.472 e. The van der Waals surface area contributed by atoms with Gasteiger partial charge in [0.2, 0.25) is 0 Å². The molecule has 0 fully saturated rings. The van der Waals surface area contributed by atoms with Crippen molar-refractivity contribution in [3.05, 3.63) is 72.9 Å². The standard InChI is InChI=1S/C46H79O11P/c1-3-5-7-9-11-13-15-17-18-19-20-22-24-26-28-30-32-36-45(50)54-40-44(41-56-58(52,53)55-39-43(49)38-47)57-46(51)37-33-35-42(48)34-31-29-27-25-23-21-16-14-12-10-8-6-4-2/h11-14,17-18,21,23,27,29,31,34,42-44,47-49H,3-10,15-16,19-20,22,24-26,28,30,32-33,35-41H2,1-2H3,(H,52,53)/b13-11-,14-12-,18-17-,23-21-,29-27-,34-31+/t42-,43-,44+/m0/s1. The summed E-state index contributed by atoms with van der Waals surface area (Å²) in [4.78, 5) is 35.0. The summed E-state index contributed by atoms with van der Waals surface area (Å²) >= 11 is 0. The molecule has 334 valence electrons. The highest BCUT2D eigenvalue weighted by Gasteiger charge is 2.27. The summed E-state index contributed by atoms with van der Waals surface area (Å²) < 4.78 is 32.6. The molecule has 0 radical (unpaired) electrons. The Morgan fingerprint density at radius 3 is 1.67 bits per heavy atom. The lowest BCUT2D eigenvalue weighted by Gasteiger charge is -2.20. The first-order valence-electron chi connectivity index (χ1n) is 22.0. The summed E-state index contributed by atoms with van der Waals surface area (Å²) in [6.45, 7) is 2.08. The highest BCUT2D eigenvalue weighted by molar-refractivity contribution is 7.47. The van der Waals surface area contributed by atoms with E-state index in [1.807, 2.05) is 12.2 Å². The topological polar surface area (TPSA) is 169 Å². The average molecular weight is 839 g/mol. The number of aliphatic hydroxyl groups excluding tert-OH is 3. The molecule has 4 N–H and O–H groups in total. The van der Waals surface area contributed by atoms with Crippen molar-refractivity contribution < 1.29 is 52.9 Å². The number of ether oxygens (including phenoxy) is 2. The van der Waals surface area contributed by atoms with Gasteiger partial charge in [-0.15, -0.1) is 0 Å². The predicted molar refractivity (Wildman–Crippen MR) is 234 cm³/mol. The van der Waals surface area contributed by atoms with Gasteiger partial charge in [-0.1, -0.05) is 145 Å². The fraction of sp³-hybridized carbons (Fsp3) is 0.696. The van der Waals surface area contributed by atoms with Crippen molar-refractivity contribution in [2.24, 2.45) is 0 Å². The van der Waals surface area contributed by atoms with Crippen molar-refractivity contribution >= 4 is 19.8 Å². The van der Waals surface area contributed by atoms with Crippen molar-refractivity contribution in [2.75, 3.05) is 26.4 Å². The minimum atomic E-state index is -4.68. The molecule has 58 heavy (non-hydrogen) atoms. The molecule has 0 aromatic carbocycles. The monoisotopic (exact) mass is 839 g/mol. The zero-order valence-corrected chi connectivity index (χ0v) is 36.7. The van der Waals surface area contributed by atoms with Gasteiger partial charge in [-0.05, 0) is 77.0 Å². The number of phosphoric ester groups is 1. The zero-order valence-electron chi connectivity index (χ0n) is 35.8. The Morgan fingerprint density at radius 2 is 1.09 bits per heavy atom. The molecule has 0 aliphatic rings. The van der Waals surface area contributed by atoms with Crippen molar-refractivity contribution in [1.29, 1.82) is 0 Å². The van der Waals surface area contributed by atoms with Gasteiger partial charge in [0.15, 0.2) is 6.10 Å². The van der Waals surface area contributed by atoms with Crippen LogP contribution in [0.3, 0.4) is 0 Å². The van der Waals surface area contributed by atoms with E-state index >= 15 is 0 Å². The number of unbranched alkanes of at least 4 members (excludes halogenated alkanes) is 13. The van der Waals surface area contributed by atoms with E-state index in [4.69, 9.17) is 19.1 Å². The van der Waals surface area contributed by atoms with Crippen molar-refractivity contribution in [3.63, 3.8) is 0 Å². The maximum Gasteiger partial charge on any atom is 0.472 e. The summed E-state index contributed by atoms with van der Waals surface area (Å²) in [7, 11) is -4.68. The molecular formula is C46H79O11P. The zero-order chi connectivity index (χ0) is 42.8. The average Bonchev–Trinajstić information content (AvgIpc) is 3.20. The van der Waals surface area contributed by atoms with Gasteiger partial charge in [-0.25, -0.2) is 4.57 Å². The van der Waals surface area contributed by atoms with E-state index in [0.29, 0.717) is 19.3 Å². The van der Waals surface area contributed by atoms with Crippen LogP contribution in [0.5, 0.6) is 0 Å². The third-order valence-corrected chi connectivity index (χ3v) is 9.89. The van der Waals surface area contributed by atoms with Gasteiger partial charge >= 0.3 is 19.8 Å². The number of carbonyl (C=O) groups is 2. The Morgan fingerprint density at radius 1 is 0.586 bits per heavy atom. The summed E-state index contributed by atoms with van der Waals surface area (Å²) in [6, 6.07) is 0. The molecule has 0 aromatic rings. The lowest BCUT2D eigenvalue weighted by Crippen LogP contribution is -2.30. The number of phosphoric acid groups is 1. The lowest BCUT2D eigenvalue weighted by atomic mass is 10.1. The van der Waals surface area contributed by atoms with Crippen LogP contribution in [-0.2, 0) is 32.7 Å². The van der Waals surface area contributed by atoms with Crippen LogP contribution in [0, 0.1) is 0 Å². The molecule has 1 unspecified atom stereocenters. The number of hydrogen-bond donors (Lipinski definition) is 4. The molecule has 0 aromatic heterocycles. The van der Waals surface area contributed by atoms with Gasteiger partial charge in [0.25, 0.3) is 0 Å². The fourth-order valence-corrected chi connectivity index (χ4v) is 6.27. The van der Waals surface area contributed by atoms with Crippen LogP contribution in [0.4, 0.5) is 0 Å². The molecular weight excluding hydrogens is 759 g/mol. The maximum atomic E-state index is 12.6. The number of aliphatic hydroxyl groups is 3. The molecule has 0 saturated heterocycles. The molecule has 12 heteroatoms. The van der Waals surface area contributed by atoms with E-state index in [0.717, 1.165) is 57.8 Å². The van der Waals surface area contributed by atoms with E-state index in [1.165, 1.54) is 57.8 Å². The third-order valence-electron chi connectivity index (χ3n) is 8.94. The molecule has 0 aliphatic carbocycles. The van der Waals surface area contributed by atoms with Crippen LogP contribution >= 0.6 is 7.82 Å². The van der Waals surface area contributed by atoms with Gasteiger partial charge in [-0.3, -0.25) is 18.6 Å². The van der Waals surface area contributed by atoms with Crippen LogP contribution in [0.25, 0.3) is 0 Å². The van der Waals surface area contributed by atoms with Crippen molar-refractivity contribution in [2.45, 2.75) is 180 Å². The number of esters is 2. The smallest absolute Gasteiger partial charge is 0.462 e. The van der Waals surface area contributed by atoms with Crippen LogP contribution in [0.2, 0.25) is 0 Å². The molecule has 0 rings (SSSR count). The number of carbonyl (C=O) groups excluding carboxylic acids is 2. The van der Waals surface area contributed by atoms with Crippen LogP contribution in [0.1, 0.15) is 162 Å². The second kappa shape index (κ2) is 41.1. The van der Waals surface area contributed by atoms with Crippen LogP contribution in [0.15, 0.2) is 72.9 Å². The second-order valence-corrected chi connectivity index (χ2v) is 16.0. The Kier molecular flexibility index (Phi) is 39.3. The fourth-order valence-electron chi connectivity index (χ4n) is 5.48. The Hall–Kier alpha value is -2.63. The number of rotatable bonds is 40. The van der Waals surface area contributed by atoms with Gasteiger partial charge in [0.1, 0.15) is 12.7 Å². The molecule has 0 aliphatic heterocycles. The molecule has 11 nitrogen and oxygen atoms in total. The minimum Gasteiger partial charge on any atom is -0.462 e. The lowest BCUT2D eigenvalue weighted by molar-refractivity contribution is -0.161. The Balaban J connectivity index is 4.51. The quantitative estimate of drug-likeness (QED) is 0.0152. The molecule has 0 saturated carbocycles. The van der Waals surface area contributed by atoms with Gasteiger partial charge < -0.3 is 29.7 Å². The molecule has 0 amide bonds. The predicted octanol–water partition coefficient (Wildman–Crippen LogP) is 10.6. The highest BCUT2D eigenvalue weighted by atomic mass is 31.2. The number of hydrogen-bond acceptors (Lipinski definition) is 10. The van der Waals surface area contributed by atoms with Gasteiger partial charge in [-0.2, -0.15) is 0 Å². The Bertz CT molecular complexity index is 1210. The third kappa shape index (κ3) is 40.2. The minimum absolute atomic E-state index is 0.0490. The maximum absolute atomic E-state index is 12.6. The number of allylic oxidation sites excluding steroid dienone is 11. The first kappa shape index (κ1) is 55.4. The summed E-state index contributed by atoms with van der Waals surface area (Å²) in [5.41, 5.74) is 0. The van der Waals surface area contributed by atoms with Crippen LogP contribution in [-0.4, -0.2) is 76.9 Å². The van der Waals surface area contributed by atoms with E-state index in [9.17, 15) is 29.3 Å². The Labute approximate surface area is 351 Å². The summed E-state index contributed by atoms with van der Waals surface area (Å²) in [5.74, 6) is -1.14. The normalized spacial score (nSPS) is 15.1. The van der Waals surface area contributed by atoms with E-state index in [2.05, 4.69) is 67.0 Å². The first-order valence-corrected chi connectivity index (χ1v) is 23.5. The molecule has 4 atom stereocenters. The van der Waals surface area contributed by atoms with Crippen LogP contribution < -0.4 is 0 Å². The van der Waals surface area contributed by atoms with Crippen molar-refractivity contribution in [3.8, 4) is 0 Å². The highest BCUT2D eigenvalue weighted by Crippen LogP contribution is 2.43. The SMILES string of the molecule is CCCCC/C=C\C/C=C\C/C=C\C=C\[C@H](O)CCCC(=O)O[C@H](COC(=O)CCCCCCCCC/C=C\C/C=C\CCCCC)COP(=O)(O)OC[C@@H](O)CO. The molecule has 0 bridgehead atoms. The summed E-state index contributed by atoms with van der Waals surface area (Å²) in [5, 5.41) is 28.6. The van der Waals surface area contributed by atoms with E-state index < -0.39 is 64.5 Å². The van der Waals surface area contributed by atoms with E-state index in [-0.39, 0.29) is 12.8 Å². The first-order chi connectivity index (χ1) is 28.1. The molecule has 0 heterocycles. The second-order valence-electron chi connectivity index (χ2n) is 14.6. The van der Waals surface area contributed by atoms with Crippen molar-refractivity contribution in [1.82, 2.24) is 0 Å². The summed E-state index contributed by atoms with van der Waals surface area (Å²) in [6.07, 6.45) is 43.2. The molecule has 0 spiro atoms. The van der Waals surface area contributed by atoms with Gasteiger partial charge in [0, 0.05) is 12.8 Å². The van der Waals surface area contributed by atoms with Gasteiger partial charge in [0.05, 0.1) is 25.9 Å². The van der Waals surface area contributed by atoms with E-state index in [1.54, 1.807) is 12.2 Å².